The third-order valence-corrected chi connectivity index (χ3v) is 15.8. The Morgan fingerprint density at radius 1 is 0.418 bits per heavy atom. The fourth-order valence-corrected chi connectivity index (χ4v) is 10.0. The molecule has 2 heterocycles. The van der Waals surface area contributed by atoms with Crippen LogP contribution in [0.1, 0.15) is 149 Å². The first-order valence-electron chi connectivity index (χ1n) is 34.8. The van der Waals surface area contributed by atoms with E-state index < -0.39 is 84.2 Å². The highest BCUT2D eigenvalue weighted by atomic mass is 32.3. The predicted molar refractivity (Wildman–Crippen MR) is 351 cm³/mol. The van der Waals surface area contributed by atoms with Gasteiger partial charge in [0.05, 0.1) is 112 Å². The highest BCUT2D eigenvalue weighted by molar-refractivity contribution is 7.80. The Hall–Kier alpha value is -4.12. The molecule has 0 aliphatic carbocycles. The monoisotopic (exact) mass is 1440 g/mol. The molecule has 34 heteroatoms. The van der Waals surface area contributed by atoms with E-state index in [9.17, 15) is 67.5 Å². The third-order valence-electron chi connectivity index (χ3n) is 15.4. The second-order valence-electron chi connectivity index (χ2n) is 23.8. The Morgan fingerprint density at radius 3 is 1.36 bits per heavy atom. The Labute approximate surface area is 577 Å². The number of unbranched alkanes of at least 4 members (excludes halogenated alkanes) is 11. The quantitative estimate of drug-likeness (QED) is 0.0289. The summed E-state index contributed by atoms with van der Waals surface area (Å²) in [6.07, 6.45) is -0.648. The molecule has 2 rings (SSSR count). The molecular formula is C64H117N5O28S. The van der Waals surface area contributed by atoms with Gasteiger partial charge in [-0.15, -0.1) is 0 Å². The van der Waals surface area contributed by atoms with E-state index in [0.717, 1.165) is 70.8 Å². The predicted octanol–water partition coefficient (Wildman–Crippen LogP) is 0.359. The van der Waals surface area contributed by atoms with Gasteiger partial charge in [-0.25, -0.2) is 8.98 Å². The summed E-state index contributed by atoms with van der Waals surface area (Å²) in [5, 5.41) is 66.9. The molecule has 2 fully saturated rings. The van der Waals surface area contributed by atoms with Crippen LogP contribution in [0.5, 0.6) is 0 Å². The Bertz CT molecular complexity index is 2230. The molecule has 2 aliphatic heterocycles. The van der Waals surface area contributed by atoms with Gasteiger partial charge in [0.2, 0.25) is 23.6 Å². The van der Waals surface area contributed by atoms with Crippen molar-refractivity contribution in [2.75, 3.05) is 158 Å². The number of ether oxygens (including phenoxy) is 12. The lowest BCUT2D eigenvalue weighted by atomic mass is 9.92. The van der Waals surface area contributed by atoms with E-state index in [1.54, 1.807) is 0 Å². The van der Waals surface area contributed by atoms with Crippen molar-refractivity contribution < 1.29 is 133 Å². The van der Waals surface area contributed by atoms with Gasteiger partial charge < -0.3 is 109 Å². The van der Waals surface area contributed by atoms with Crippen molar-refractivity contribution in [1.82, 2.24) is 26.6 Å². The van der Waals surface area contributed by atoms with Crippen LogP contribution in [0, 0.1) is 5.92 Å². The van der Waals surface area contributed by atoms with Crippen molar-refractivity contribution in [1.29, 1.82) is 0 Å². The molecule has 572 valence electrons. The fraction of sp³-hybridized carbons (Fsp3) is 0.891. The number of hydrogen-bond donors (Lipinski definition) is 11. The van der Waals surface area contributed by atoms with Crippen LogP contribution in [-0.4, -0.2) is 293 Å². The average Bonchev–Trinajstić information content (AvgIpc) is 0.786. The van der Waals surface area contributed by atoms with E-state index in [1.165, 1.54) is 13.8 Å². The van der Waals surface area contributed by atoms with E-state index >= 15 is 0 Å². The molecule has 0 aromatic heterocycles. The molecule has 11 N–H and O–H groups in total. The zero-order chi connectivity index (χ0) is 71.9. The number of nitrogens with one attached hydrogen (secondary N) is 5. The van der Waals surface area contributed by atoms with Crippen LogP contribution >= 0.6 is 0 Å². The Morgan fingerprint density at radius 2 is 0.847 bits per heavy atom. The summed E-state index contributed by atoms with van der Waals surface area (Å²) in [5.74, 6) is -2.67. The first-order chi connectivity index (χ1) is 47.2. The van der Waals surface area contributed by atoms with Gasteiger partial charge in [-0.3, -0.25) is 33.3 Å². The fourth-order valence-electron chi connectivity index (χ4n) is 9.72. The summed E-state index contributed by atoms with van der Waals surface area (Å²) >= 11 is 0. The largest absolute Gasteiger partial charge is 0.479 e. The first-order valence-corrected chi connectivity index (χ1v) is 36.1. The molecule has 0 aromatic carbocycles. The summed E-state index contributed by atoms with van der Waals surface area (Å²) in [4.78, 5) is 83.7. The lowest BCUT2D eigenvalue weighted by molar-refractivity contribution is -0.346. The lowest BCUT2D eigenvalue weighted by Crippen LogP contribution is -2.64. The van der Waals surface area contributed by atoms with E-state index in [4.69, 9.17) is 61.4 Å². The number of ketones is 2. The Kier molecular flexibility index (Phi) is 53.6. The molecule has 0 spiro atoms. The number of amides is 4. The lowest BCUT2D eigenvalue weighted by Gasteiger charge is -2.45. The number of rotatable bonds is 66. The number of carbonyl (C=O) groups is 7. The van der Waals surface area contributed by atoms with E-state index in [2.05, 4.69) is 30.8 Å². The standard InChI is InChI=1S/C64H117N5O28S/c1-48(70)20-32-87-38-42-91-44-40-89-36-28-69-53(73)19-12-6-4-8-14-25-66-54(74)22-34-86-30-17-29-85-33-21-50(71)46-65-24-13-7-3-5-11-18-52(72)68-27-37-90-41-45-92-43-39-88-35-23-55(75)67-26-15-9-10-16-31-93-64-59(79)58(78)60(61(97-64)62(80)81)96-63-49(2)56(76)57(77)51(95-63)47-94-98(82,83)84/h49,51,56-61,63-65,76-79H,3-47H2,1-2H3,(H,66,74)(H,67,75)(H,68,72)(H,69,73)(H,80,81)(H,82,83,84). The number of aliphatic hydroxyl groups excluding tert-OH is 4. The number of aliphatic carboxylic acids is 1. The summed E-state index contributed by atoms with van der Waals surface area (Å²) in [6, 6.07) is 0. The van der Waals surface area contributed by atoms with Gasteiger partial charge in [0, 0.05) is 90.4 Å². The zero-order valence-corrected chi connectivity index (χ0v) is 58.5. The molecule has 0 aromatic rings. The van der Waals surface area contributed by atoms with Crippen molar-refractivity contribution >= 4 is 51.6 Å². The first kappa shape index (κ1) is 90.0. The van der Waals surface area contributed by atoms with Crippen molar-refractivity contribution in [3.8, 4) is 0 Å². The van der Waals surface area contributed by atoms with Crippen LogP contribution in [0.3, 0.4) is 0 Å². The van der Waals surface area contributed by atoms with Crippen molar-refractivity contribution in [2.45, 2.75) is 204 Å². The van der Waals surface area contributed by atoms with Crippen LogP contribution in [0.25, 0.3) is 0 Å². The molecule has 2 aliphatic rings. The number of Topliss-reactive ketones (excluding diaryl/α,β-unsaturated/α-hetero) is 2. The van der Waals surface area contributed by atoms with Crippen LogP contribution in [0.15, 0.2) is 0 Å². The zero-order valence-electron chi connectivity index (χ0n) is 57.7. The smallest absolute Gasteiger partial charge is 0.397 e. The molecule has 0 saturated carbocycles. The highest BCUT2D eigenvalue weighted by Crippen LogP contribution is 2.32. The number of carboxylic acids is 1. The van der Waals surface area contributed by atoms with Crippen LogP contribution < -0.4 is 26.6 Å². The van der Waals surface area contributed by atoms with Gasteiger partial charge in [-0.1, -0.05) is 58.3 Å². The van der Waals surface area contributed by atoms with Gasteiger partial charge in [0.25, 0.3) is 0 Å². The molecule has 0 radical (unpaired) electrons. The molecule has 33 nitrogen and oxygen atoms in total. The molecule has 2 saturated heterocycles. The number of carbonyl (C=O) groups excluding carboxylic acids is 6. The number of carboxylic acid groups (broad SMARTS) is 1. The molecule has 10 atom stereocenters. The third kappa shape index (κ3) is 47.9. The summed E-state index contributed by atoms with van der Waals surface area (Å²) < 4.78 is 101. The minimum atomic E-state index is -4.94. The highest BCUT2D eigenvalue weighted by Gasteiger charge is 2.52. The SMILES string of the molecule is CC(=O)CCOCCOCCOCCNC(=O)CCCCCCCNC(=O)CCOCCCOCCC(=O)CNCCCCCCCC(=O)NCCOCCOCCOCCC(=O)NCCCCCCOC1OC(C(=O)O)C(OC2OC(COS(=O)(=O)O)C(O)C(O)C2C)C(O)C1O. The second-order valence-corrected chi connectivity index (χ2v) is 24.9. The second kappa shape index (κ2) is 58.4. The minimum Gasteiger partial charge on any atom is -0.479 e. The van der Waals surface area contributed by atoms with Gasteiger partial charge in [-0.05, 0) is 58.4 Å². The topological polar surface area (TPSA) is 455 Å². The maximum Gasteiger partial charge on any atom is 0.397 e. The molecular weight excluding hydrogens is 1320 g/mol. The molecule has 4 amide bonds. The summed E-state index contributed by atoms with van der Waals surface area (Å²) in [6.45, 7) is 11.0. The van der Waals surface area contributed by atoms with Gasteiger partial charge in [-0.2, -0.15) is 8.42 Å². The minimum absolute atomic E-state index is 0.00979. The number of hydrogen-bond acceptors (Lipinski definition) is 27. The maximum atomic E-state index is 12.2. The molecule has 10 unspecified atom stereocenters. The Balaban J connectivity index is 1.27. The van der Waals surface area contributed by atoms with E-state index in [0.29, 0.717) is 196 Å². The van der Waals surface area contributed by atoms with Crippen LogP contribution in [0.2, 0.25) is 0 Å². The van der Waals surface area contributed by atoms with Crippen molar-refractivity contribution in [2.24, 2.45) is 5.92 Å². The van der Waals surface area contributed by atoms with Crippen LogP contribution in [0.4, 0.5) is 0 Å². The van der Waals surface area contributed by atoms with Gasteiger partial charge in [0.15, 0.2) is 18.7 Å². The van der Waals surface area contributed by atoms with E-state index in [1.807, 2.05) is 0 Å². The van der Waals surface area contributed by atoms with Gasteiger partial charge >= 0.3 is 16.4 Å². The normalized spacial score (nSPS) is 21.0. The van der Waals surface area contributed by atoms with Crippen molar-refractivity contribution in [3.05, 3.63) is 0 Å². The summed E-state index contributed by atoms with van der Waals surface area (Å²) in [5.41, 5.74) is 0. The molecule has 0 bridgehead atoms. The van der Waals surface area contributed by atoms with Crippen molar-refractivity contribution in [3.63, 3.8) is 0 Å². The number of aliphatic hydroxyl groups is 4. The van der Waals surface area contributed by atoms with Gasteiger partial charge in [0.1, 0.15) is 42.1 Å². The maximum absolute atomic E-state index is 12.2. The average molecular weight is 1440 g/mol. The molecule has 98 heavy (non-hydrogen) atoms. The van der Waals surface area contributed by atoms with E-state index in [-0.39, 0.29) is 54.8 Å². The van der Waals surface area contributed by atoms with Crippen LogP contribution in [-0.2, 0) is 105 Å². The summed E-state index contributed by atoms with van der Waals surface area (Å²) in [7, 11) is -4.94.